The van der Waals surface area contributed by atoms with Gasteiger partial charge in [0, 0.05) is 16.5 Å². The minimum absolute atomic E-state index is 0.0194. The summed E-state index contributed by atoms with van der Waals surface area (Å²) in [4.78, 5) is 4.50. The predicted molar refractivity (Wildman–Crippen MR) is 108 cm³/mol. The highest BCUT2D eigenvalue weighted by Gasteiger charge is 2.38. The van der Waals surface area contributed by atoms with Crippen LogP contribution in [0.5, 0.6) is 0 Å². The van der Waals surface area contributed by atoms with E-state index in [4.69, 9.17) is 21.4 Å². The molecule has 4 rings (SSSR count). The monoisotopic (exact) mass is 450 g/mol. The molecule has 0 aliphatic carbocycles. The summed E-state index contributed by atoms with van der Waals surface area (Å²) in [6.45, 7) is 1.93. The molecule has 142 valence electrons. The molecule has 2 aliphatic heterocycles. The molecule has 6 nitrogen and oxygen atoms in total. The first-order valence-corrected chi connectivity index (χ1v) is 9.84. The quantitative estimate of drug-likeness (QED) is 0.623. The van der Waals surface area contributed by atoms with Gasteiger partial charge < -0.3 is 24.7 Å². The Hall–Kier alpha value is -1.58. The van der Waals surface area contributed by atoms with E-state index in [9.17, 15) is 10.2 Å². The van der Waals surface area contributed by atoms with Crippen LogP contribution in [0.4, 0.5) is 0 Å². The Morgan fingerprint density at radius 3 is 2.67 bits per heavy atom. The van der Waals surface area contributed by atoms with E-state index in [1.165, 1.54) is 0 Å². The molecule has 0 radical (unpaired) electrons. The SMILES string of the molecule is Cc1oc([C@@H]2OC[C@@H](O)[C@H]2O)cc1C1=NC(=S)NC(c2ccc(Br)cc2)C1. The van der Waals surface area contributed by atoms with Crippen LogP contribution >= 0.6 is 28.1 Å². The van der Waals surface area contributed by atoms with Crippen molar-refractivity contribution in [3.63, 3.8) is 0 Å². The van der Waals surface area contributed by atoms with Crippen LogP contribution in [0.25, 0.3) is 0 Å². The molecule has 2 aliphatic rings. The number of rotatable bonds is 3. The Morgan fingerprint density at radius 1 is 1.26 bits per heavy atom. The standard InChI is InChI=1S/C19H19BrN2O4S/c1-9-12(6-16(26-9)18-17(24)15(23)8-25-18)14-7-13(21-19(27)22-14)10-2-4-11(20)5-3-10/h2-6,13,15,17-18,23-24H,7-8H2,1H3,(H,21,27)/t13?,15-,17-,18+/m1/s1. The molecule has 8 heteroatoms. The zero-order chi connectivity index (χ0) is 19.1. The molecule has 1 fully saturated rings. The third kappa shape index (κ3) is 3.72. The van der Waals surface area contributed by atoms with Gasteiger partial charge >= 0.3 is 0 Å². The van der Waals surface area contributed by atoms with Crippen molar-refractivity contribution in [2.24, 2.45) is 4.99 Å². The van der Waals surface area contributed by atoms with Crippen LogP contribution in [0, 0.1) is 6.92 Å². The Bertz CT molecular complexity index is 896. The van der Waals surface area contributed by atoms with Gasteiger partial charge in [0.05, 0.1) is 18.4 Å². The highest BCUT2D eigenvalue weighted by Crippen LogP contribution is 2.34. The lowest BCUT2D eigenvalue weighted by atomic mass is 9.96. The Labute approximate surface area is 170 Å². The number of ether oxygens (including phenoxy) is 1. The fraction of sp³-hybridized carbons (Fsp3) is 0.368. The molecule has 1 unspecified atom stereocenters. The average Bonchev–Trinajstić information content (AvgIpc) is 3.18. The molecule has 3 N–H and O–H groups in total. The van der Waals surface area contributed by atoms with Gasteiger partial charge in [0.25, 0.3) is 0 Å². The number of aliphatic hydroxyl groups is 2. The number of benzene rings is 1. The first-order valence-electron chi connectivity index (χ1n) is 8.64. The predicted octanol–water partition coefficient (Wildman–Crippen LogP) is 2.95. The van der Waals surface area contributed by atoms with E-state index in [1.807, 2.05) is 37.3 Å². The van der Waals surface area contributed by atoms with Crippen LogP contribution in [0.2, 0.25) is 0 Å². The third-order valence-corrected chi connectivity index (χ3v) is 5.62. The fourth-order valence-electron chi connectivity index (χ4n) is 3.44. The Balaban J connectivity index is 1.61. The number of aryl methyl sites for hydroxylation is 1. The summed E-state index contributed by atoms with van der Waals surface area (Å²) in [5, 5.41) is 23.5. The van der Waals surface area contributed by atoms with Gasteiger partial charge in [-0.1, -0.05) is 28.1 Å². The maximum atomic E-state index is 10.1. The lowest BCUT2D eigenvalue weighted by Gasteiger charge is -2.25. The Kier molecular flexibility index (Phi) is 5.17. The molecule has 2 aromatic rings. The van der Waals surface area contributed by atoms with Crippen molar-refractivity contribution in [2.45, 2.75) is 37.7 Å². The number of hydrogen-bond donors (Lipinski definition) is 3. The smallest absolute Gasteiger partial charge is 0.193 e. The minimum Gasteiger partial charge on any atom is -0.463 e. The number of furan rings is 1. The summed E-state index contributed by atoms with van der Waals surface area (Å²) in [7, 11) is 0. The summed E-state index contributed by atoms with van der Waals surface area (Å²) in [6.07, 6.45) is -1.94. The van der Waals surface area contributed by atoms with Crippen LogP contribution in [-0.4, -0.2) is 39.9 Å². The van der Waals surface area contributed by atoms with Gasteiger partial charge in [-0.2, -0.15) is 0 Å². The largest absolute Gasteiger partial charge is 0.463 e. The van der Waals surface area contributed by atoms with E-state index in [0.29, 0.717) is 23.1 Å². The summed E-state index contributed by atoms with van der Waals surface area (Å²) < 4.78 is 12.3. The first kappa shape index (κ1) is 18.8. The highest BCUT2D eigenvalue weighted by molar-refractivity contribution is 9.10. The lowest BCUT2D eigenvalue weighted by molar-refractivity contribution is 0.0117. The molecular weight excluding hydrogens is 432 g/mol. The Morgan fingerprint density at radius 2 is 2.00 bits per heavy atom. The first-order chi connectivity index (χ1) is 12.9. The summed E-state index contributed by atoms with van der Waals surface area (Å²) in [5.41, 5.74) is 2.78. The number of aliphatic imine (C=N–C) groups is 1. The molecule has 4 atom stereocenters. The molecule has 0 spiro atoms. The molecule has 0 saturated carbocycles. The summed E-state index contributed by atoms with van der Waals surface area (Å²) in [5.74, 6) is 1.17. The highest BCUT2D eigenvalue weighted by atomic mass is 79.9. The average molecular weight is 451 g/mol. The van der Waals surface area contributed by atoms with Crippen LogP contribution in [0.1, 0.15) is 41.2 Å². The molecule has 1 aromatic carbocycles. The van der Waals surface area contributed by atoms with Gasteiger partial charge in [0.15, 0.2) is 5.11 Å². The number of nitrogens with zero attached hydrogens (tertiary/aromatic N) is 1. The van der Waals surface area contributed by atoms with Crippen LogP contribution in [-0.2, 0) is 4.74 Å². The van der Waals surface area contributed by atoms with E-state index in [1.54, 1.807) is 0 Å². The molecule has 3 heterocycles. The maximum Gasteiger partial charge on any atom is 0.193 e. The molecule has 0 bridgehead atoms. The van der Waals surface area contributed by atoms with Crippen LogP contribution in [0.15, 0.2) is 44.2 Å². The minimum atomic E-state index is -1.00. The molecular formula is C19H19BrN2O4S. The van der Waals surface area contributed by atoms with Crippen molar-refractivity contribution in [1.82, 2.24) is 5.32 Å². The molecule has 27 heavy (non-hydrogen) atoms. The van der Waals surface area contributed by atoms with E-state index in [2.05, 4.69) is 26.2 Å². The van der Waals surface area contributed by atoms with Gasteiger partial charge in [-0.3, -0.25) is 0 Å². The zero-order valence-electron chi connectivity index (χ0n) is 14.6. The number of thiocarbonyl (C=S) groups is 1. The van der Waals surface area contributed by atoms with Gasteiger partial charge in [0.1, 0.15) is 29.8 Å². The normalized spacial score (nSPS) is 28.1. The van der Waals surface area contributed by atoms with Gasteiger partial charge in [-0.15, -0.1) is 0 Å². The second-order valence-corrected chi connectivity index (χ2v) is 8.05. The van der Waals surface area contributed by atoms with Crippen LogP contribution < -0.4 is 5.32 Å². The number of halogens is 1. The van der Waals surface area contributed by atoms with E-state index in [0.717, 1.165) is 21.3 Å². The fourth-order valence-corrected chi connectivity index (χ4v) is 3.96. The maximum absolute atomic E-state index is 10.1. The van der Waals surface area contributed by atoms with Gasteiger partial charge in [-0.25, -0.2) is 4.99 Å². The second kappa shape index (κ2) is 7.44. The zero-order valence-corrected chi connectivity index (χ0v) is 17.0. The van der Waals surface area contributed by atoms with E-state index >= 15 is 0 Å². The van der Waals surface area contributed by atoms with Crippen LogP contribution in [0.3, 0.4) is 0 Å². The van der Waals surface area contributed by atoms with Crippen molar-refractivity contribution >= 4 is 39.0 Å². The second-order valence-electron chi connectivity index (χ2n) is 6.75. The van der Waals surface area contributed by atoms with E-state index < -0.39 is 18.3 Å². The van der Waals surface area contributed by atoms with Crippen molar-refractivity contribution in [1.29, 1.82) is 0 Å². The number of aliphatic hydroxyl groups excluding tert-OH is 2. The lowest BCUT2D eigenvalue weighted by Crippen LogP contribution is -2.33. The van der Waals surface area contributed by atoms with E-state index in [-0.39, 0.29) is 12.6 Å². The summed E-state index contributed by atoms with van der Waals surface area (Å²) in [6, 6.07) is 9.93. The topological polar surface area (TPSA) is 87.2 Å². The molecule has 1 aromatic heterocycles. The third-order valence-electron chi connectivity index (χ3n) is 4.88. The number of nitrogens with one attached hydrogen (secondary N) is 1. The molecule has 0 amide bonds. The van der Waals surface area contributed by atoms with Crippen molar-refractivity contribution in [2.75, 3.05) is 6.61 Å². The molecule has 1 saturated heterocycles. The van der Waals surface area contributed by atoms with Crippen molar-refractivity contribution in [3.05, 3.63) is 57.5 Å². The van der Waals surface area contributed by atoms with Crippen molar-refractivity contribution in [3.8, 4) is 0 Å². The summed E-state index contributed by atoms with van der Waals surface area (Å²) >= 11 is 8.79. The number of hydrogen-bond acceptors (Lipinski definition) is 5. The van der Waals surface area contributed by atoms with Gasteiger partial charge in [-0.05, 0) is 42.9 Å². The van der Waals surface area contributed by atoms with Gasteiger partial charge in [0.2, 0.25) is 0 Å². The van der Waals surface area contributed by atoms with Crippen molar-refractivity contribution < 1.29 is 19.4 Å².